The van der Waals surface area contributed by atoms with E-state index in [1.165, 1.54) is 66.3 Å². The van der Waals surface area contributed by atoms with E-state index in [9.17, 15) is 0 Å². The smallest absolute Gasteiger partial charge is 0.160 e. The average Bonchev–Trinajstić information content (AvgIpc) is 3.87. The van der Waals surface area contributed by atoms with Crippen LogP contribution in [-0.2, 0) is 5.41 Å². The molecule has 0 aliphatic heterocycles. The molecule has 0 saturated carbocycles. The van der Waals surface area contributed by atoms with Crippen molar-refractivity contribution in [2.45, 2.75) is 5.41 Å². The minimum atomic E-state index is -0.418. The van der Waals surface area contributed by atoms with E-state index in [0.29, 0.717) is 5.82 Å². The second-order valence-electron chi connectivity index (χ2n) is 14.9. The van der Waals surface area contributed by atoms with Crippen LogP contribution in [0, 0.1) is 0 Å². The molecule has 8 aromatic carbocycles. The summed E-state index contributed by atoms with van der Waals surface area (Å²) in [7, 11) is 0. The molecule has 0 amide bonds. The van der Waals surface area contributed by atoms with Gasteiger partial charge >= 0.3 is 0 Å². The number of fused-ring (bicyclic) bond motifs is 13. The molecule has 1 spiro atoms. The quantitative estimate of drug-likeness (QED) is 0.182. The molecule has 0 unspecified atom stereocenters. The van der Waals surface area contributed by atoms with Crippen molar-refractivity contribution in [1.82, 2.24) is 14.5 Å². The van der Waals surface area contributed by atoms with Gasteiger partial charge in [0, 0.05) is 33.2 Å². The first-order valence-electron chi connectivity index (χ1n) is 19.2. The van der Waals surface area contributed by atoms with Gasteiger partial charge in [0.15, 0.2) is 5.82 Å². The molecule has 56 heavy (non-hydrogen) atoms. The molecular formula is C53H33N3. The summed E-state index contributed by atoms with van der Waals surface area (Å²) in [6, 6.07) is 72.5. The van der Waals surface area contributed by atoms with E-state index in [0.717, 1.165) is 33.8 Å². The maximum atomic E-state index is 5.19. The lowest BCUT2D eigenvalue weighted by Gasteiger charge is -2.30. The minimum Gasteiger partial charge on any atom is -0.309 e. The average molecular weight is 712 g/mol. The first kappa shape index (κ1) is 31.0. The lowest BCUT2D eigenvalue weighted by Crippen LogP contribution is -2.25. The number of benzene rings is 8. The summed E-state index contributed by atoms with van der Waals surface area (Å²) in [6.45, 7) is 0. The van der Waals surface area contributed by atoms with Gasteiger partial charge < -0.3 is 4.57 Å². The van der Waals surface area contributed by atoms with Gasteiger partial charge in [0.2, 0.25) is 0 Å². The monoisotopic (exact) mass is 711 g/mol. The lowest BCUT2D eigenvalue weighted by atomic mass is 9.70. The Morgan fingerprint density at radius 2 is 0.875 bits per heavy atom. The van der Waals surface area contributed by atoms with Crippen molar-refractivity contribution in [3.63, 3.8) is 0 Å². The fraction of sp³-hybridized carbons (Fsp3) is 0.0189. The fourth-order valence-corrected chi connectivity index (χ4v) is 9.70. The molecule has 2 aliphatic carbocycles. The van der Waals surface area contributed by atoms with E-state index in [2.05, 4.69) is 180 Å². The summed E-state index contributed by atoms with van der Waals surface area (Å²) in [5, 5.41) is 2.48. The van der Waals surface area contributed by atoms with Crippen molar-refractivity contribution in [2.75, 3.05) is 0 Å². The third-order valence-corrected chi connectivity index (χ3v) is 12.0. The van der Waals surface area contributed by atoms with Gasteiger partial charge in [-0.3, -0.25) is 0 Å². The second-order valence-corrected chi connectivity index (χ2v) is 14.9. The van der Waals surface area contributed by atoms with Crippen LogP contribution in [0.4, 0.5) is 0 Å². The third-order valence-electron chi connectivity index (χ3n) is 12.0. The molecule has 0 radical (unpaired) electrons. The van der Waals surface area contributed by atoms with Crippen molar-refractivity contribution in [2.24, 2.45) is 0 Å². The Morgan fingerprint density at radius 1 is 0.339 bits per heavy atom. The predicted molar refractivity (Wildman–Crippen MR) is 229 cm³/mol. The van der Waals surface area contributed by atoms with Crippen LogP contribution >= 0.6 is 0 Å². The normalized spacial score (nSPS) is 13.1. The molecule has 0 bridgehead atoms. The van der Waals surface area contributed by atoms with Crippen LogP contribution in [0.25, 0.3) is 83.6 Å². The molecule has 2 aromatic heterocycles. The van der Waals surface area contributed by atoms with E-state index in [1.54, 1.807) is 0 Å². The van der Waals surface area contributed by atoms with Crippen LogP contribution in [-0.4, -0.2) is 14.5 Å². The van der Waals surface area contributed by atoms with E-state index in [-0.39, 0.29) is 0 Å². The van der Waals surface area contributed by atoms with E-state index >= 15 is 0 Å². The Bertz CT molecular complexity index is 3090. The molecule has 260 valence electrons. The molecule has 0 saturated heterocycles. The highest BCUT2D eigenvalue weighted by Gasteiger charge is 2.51. The van der Waals surface area contributed by atoms with Crippen molar-refractivity contribution >= 4 is 21.8 Å². The van der Waals surface area contributed by atoms with Crippen molar-refractivity contribution < 1.29 is 0 Å². The van der Waals surface area contributed by atoms with E-state index in [4.69, 9.17) is 9.97 Å². The predicted octanol–water partition coefficient (Wildman–Crippen LogP) is 12.9. The molecule has 12 rings (SSSR count). The van der Waals surface area contributed by atoms with Gasteiger partial charge in [0.25, 0.3) is 0 Å². The number of hydrogen-bond acceptors (Lipinski definition) is 2. The molecule has 10 aromatic rings. The Hall–Kier alpha value is -7.36. The SMILES string of the molecule is c1ccc(-c2cc(-c3cccc(-n4c5ccccc5c5cc6c(cc54)C4(c5ccccc5-c5ccccc54)c4ccccc4-6)c3)nc(-c3ccccc3)n2)cc1. The summed E-state index contributed by atoms with van der Waals surface area (Å²) in [6.07, 6.45) is 0. The Labute approximate surface area is 324 Å². The number of rotatable bonds is 4. The first-order chi connectivity index (χ1) is 27.8. The summed E-state index contributed by atoms with van der Waals surface area (Å²) in [5.74, 6) is 0.710. The maximum absolute atomic E-state index is 5.19. The van der Waals surface area contributed by atoms with Crippen LogP contribution in [0.15, 0.2) is 200 Å². The zero-order valence-corrected chi connectivity index (χ0v) is 30.4. The zero-order chi connectivity index (χ0) is 36.8. The molecule has 2 heterocycles. The highest BCUT2D eigenvalue weighted by atomic mass is 15.0. The first-order valence-corrected chi connectivity index (χ1v) is 19.2. The summed E-state index contributed by atoms with van der Waals surface area (Å²) >= 11 is 0. The van der Waals surface area contributed by atoms with Crippen molar-refractivity contribution in [1.29, 1.82) is 0 Å². The largest absolute Gasteiger partial charge is 0.309 e. The molecule has 2 aliphatic rings. The standard InChI is InChI=1S/C53H33N3/c1-3-16-34(17-4-1)48-33-49(55-52(54-48)35-18-5-2-6-19-35)36-20-15-21-37(30-36)56-50-29-14-10-25-41(50)43-31-42-40-24-9-13-28-46(40)53(47(42)32-51(43)56)44-26-11-7-22-38(44)39-23-8-12-27-45(39)53/h1-33H. The minimum absolute atomic E-state index is 0.418. The Balaban J connectivity index is 1.12. The third kappa shape index (κ3) is 4.28. The van der Waals surface area contributed by atoms with Crippen LogP contribution in [0.1, 0.15) is 22.3 Å². The van der Waals surface area contributed by atoms with Crippen LogP contribution in [0.3, 0.4) is 0 Å². The molecule has 3 heteroatoms. The number of nitrogens with zero attached hydrogens (tertiary/aromatic N) is 3. The topological polar surface area (TPSA) is 30.7 Å². The van der Waals surface area contributed by atoms with Gasteiger partial charge in [-0.2, -0.15) is 0 Å². The molecule has 0 fully saturated rings. The van der Waals surface area contributed by atoms with Crippen LogP contribution < -0.4 is 0 Å². The summed E-state index contributed by atoms with van der Waals surface area (Å²) < 4.78 is 2.45. The van der Waals surface area contributed by atoms with Crippen molar-refractivity contribution in [3.8, 4) is 61.8 Å². The van der Waals surface area contributed by atoms with Gasteiger partial charge in [-0.25, -0.2) is 9.97 Å². The summed E-state index contributed by atoms with van der Waals surface area (Å²) in [5.41, 5.74) is 18.5. The molecule has 0 N–H and O–H groups in total. The lowest BCUT2D eigenvalue weighted by molar-refractivity contribution is 0.794. The zero-order valence-electron chi connectivity index (χ0n) is 30.4. The fourth-order valence-electron chi connectivity index (χ4n) is 9.70. The number of hydrogen-bond donors (Lipinski definition) is 0. The van der Waals surface area contributed by atoms with Gasteiger partial charge in [0.05, 0.1) is 27.8 Å². The van der Waals surface area contributed by atoms with Gasteiger partial charge in [0.1, 0.15) is 0 Å². The number of para-hydroxylation sites is 1. The maximum Gasteiger partial charge on any atom is 0.160 e. The second kappa shape index (κ2) is 11.8. The van der Waals surface area contributed by atoms with Gasteiger partial charge in [-0.05, 0) is 80.9 Å². The van der Waals surface area contributed by atoms with Crippen LogP contribution in [0.5, 0.6) is 0 Å². The van der Waals surface area contributed by atoms with Crippen molar-refractivity contribution in [3.05, 3.63) is 222 Å². The van der Waals surface area contributed by atoms with Crippen LogP contribution in [0.2, 0.25) is 0 Å². The highest BCUT2D eigenvalue weighted by Crippen LogP contribution is 2.63. The van der Waals surface area contributed by atoms with Gasteiger partial charge in [-0.1, -0.05) is 164 Å². The Morgan fingerprint density at radius 3 is 1.55 bits per heavy atom. The number of aromatic nitrogens is 3. The van der Waals surface area contributed by atoms with Gasteiger partial charge in [-0.15, -0.1) is 0 Å². The van der Waals surface area contributed by atoms with E-state index in [1.807, 2.05) is 24.3 Å². The summed E-state index contributed by atoms with van der Waals surface area (Å²) in [4.78, 5) is 10.2. The Kier molecular flexibility index (Phi) is 6.55. The van der Waals surface area contributed by atoms with E-state index < -0.39 is 5.41 Å². The highest BCUT2D eigenvalue weighted by molar-refractivity contribution is 6.12. The molecule has 3 nitrogen and oxygen atoms in total. The molecule has 0 atom stereocenters. The molecular weight excluding hydrogens is 679 g/mol.